The van der Waals surface area contributed by atoms with Crippen LogP contribution in [0.25, 0.3) is 0 Å². The number of carbonyl (C=O) groups excluding carboxylic acids is 2. The molecule has 0 saturated carbocycles. The molecule has 0 fully saturated rings. The highest BCUT2D eigenvalue weighted by Gasteiger charge is 2.16. The molecule has 1 aromatic carbocycles. The number of hydrogen-bond donors (Lipinski definition) is 0. The van der Waals surface area contributed by atoms with Gasteiger partial charge in [-0.15, -0.1) is 0 Å². The van der Waals surface area contributed by atoms with E-state index in [0.717, 1.165) is 16.7 Å². The summed E-state index contributed by atoms with van der Waals surface area (Å²) in [5, 5.41) is 0. The van der Waals surface area contributed by atoms with Crippen LogP contribution in [0, 0.1) is 20.8 Å². The number of ether oxygens (including phenoxy) is 1. The van der Waals surface area contributed by atoms with Crippen molar-refractivity contribution < 1.29 is 18.7 Å². The largest absolute Gasteiger partial charge is 0.451 e. The van der Waals surface area contributed by atoms with Crippen molar-refractivity contribution in [3.8, 4) is 0 Å². The van der Waals surface area contributed by atoms with Crippen molar-refractivity contribution >= 4 is 27.7 Å². The van der Waals surface area contributed by atoms with E-state index in [9.17, 15) is 9.59 Å². The van der Waals surface area contributed by atoms with Gasteiger partial charge in [0.1, 0.15) is 0 Å². The van der Waals surface area contributed by atoms with Gasteiger partial charge in [-0.2, -0.15) is 0 Å². The maximum absolute atomic E-state index is 12.2. The van der Waals surface area contributed by atoms with Crippen molar-refractivity contribution in [3.63, 3.8) is 0 Å². The molecule has 0 aliphatic carbocycles. The van der Waals surface area contributed by atoms with Gasteiger partial charge < -0.3 is 9.15 Å². The van der Waals surface area contributed by atoms with E-state index in [1.807, 2.05) is 32.9 Å². The molecular weight excluding hydrogens is 336 g/mol. The normalized spacial score (nSPS) is 10.5. The molecule has 1 aromatic heterocycles. The molecule has 0 aliphatic heterocycles. The van der Waals surface area contributed by atoms with Gasteiger partial charge in [-0.25, -0.2) is 4.79 Å². The van der Waals surface area contributed by atoms with Gasteiger partial charge in [-0.1, -0.05) is 6.07 Å². The molecule has 0 atom stereocenters. The minimum Gasteiger partial charge on any atom is -0.451 e. The topological polar surface area (TPSA) is 56.5 Å². The van der Waals surface area contributed by atoms with E-state index in [-0.39, 0.29) is 18.2 Å². The summed E-state index contributed by atoms with van der Waals surface area (Å²) >= 11 is 3.10. The summed E-state index contributed by atoms with van der Waals surface area (Å²) in [6.07, 6.45) is 0. The molecule has 21 heavy (non-hydrogen) atoms. The van der Waals surface area contributed by atoms with Crippen molar-refractivity contribution in [1.29, 1.82) is 0 Å². The first kappa shape index (κ1) is 15.5. The second-order valence-electron chi connectivity index (χ2n) is 4.85. The van der Waals surface area contributed by atoms with E-state index in [2.05, 4.69) is 15.9 Å². The number of halogens is 1. The molecule has 0 spiro atoms. The summed E-state index contributed by atoms with van der Waals surface area (Å²) in [6.45, 7) is 5.49. The van der Waals surface area contributed by atoms with Gasteiger partial charge in [0.05, 0.1) is 0 Å². The number of esters is 1. The Bertz CT molecular complexity index is 700. The van der Waals surface area contributed by atoms with Crippen molar-refractivity contribution in [2.75, 3.05) is 6.61 Å². The first-order valence-electron chi connectivity index (χ1n) is 6.42. The lowest BCUT2D eigenvalue weighted by molar-refractivity contribution is 0.0442. The number of Topliss-reactive ketones (excluding diaryl/α,β-unsaturated/α-hetero) is 1. The highest BCUT2D eigenvalue weighted by Crippen LogP contribution is 2.17. The number of aryl methyl sites for hydroxylation is 3. The second kappa shape index (κ2) is 6.26. The lowest BCUT2D eigenvalue weighted by atomic mass is 9.98. The Morgan fingerprint density at radius 2 is 1.76 bits per heavy atom. The van der Waals surface area contributed by atoms with Crippen LogP contribution >= 0.6 is 15.9 Å². The SMILES string of the molecule is Cc1cc(C)c(C(=O)COC(=O)c2ccc(Br)o2)cc1C. The fourth-order valence-corrected chi connectivity index (χ4v) is 2.27. The number of ketones is 1. The van der Waals surface area contributed by atoms with Crippen LogP contribution in [-0.4, -0.2) is 18.4 Å². The van der Waals surface area contributed by atoms with Gasteiger partial charge in [0.2, 0.25) is 11.5 Å². The fraction of sp³-hybridized carbons (Fsp3) is 0.250. The third-order valence-electron chi connectivity index (χ3n) is 3.25. The van der Waals surface area contributed by atoms with Crippen LogP contribution in [0.15, 0.2) is 33.4 Å². The quantitative estimate of drug-likeness (QED) is 0.617. The molecular formula is C16H15BrO4. The molecule has 0 radical (unpaired) electrons. The minimum atomic E-state index is -0.657. The average molecular weight is 351 g/mol. The zero-order valence-corrected chi connectivity index (χ0v) is 13.6. The summed E-state index contributed by atoms with van der Waals surface area (Å²) in [6, 6.07) is 6.85. The highest BCUT2D eigenvalue weighted by molar-refractivity contribution is 9.10. The summed E-state index contributed by atoms with van der Waals surface area (Å²) in [7, 11) is 0. The predicted molar refractivity (Wildman–Crippen MR) is 81.7 cm³/mol. The molecule has 2 rings (SSSR count). The van der Waals surface area contributed by atoms with Gasteiger partial charge in [-0.05, 0) is 71.6 Å². The van der Waals surface area contributed by atoms with Crippen LogP contribution in [0.3, 0.4) is 0 Å². The lowest BCUT2D eigenvalue weighted by Crippen LogP contribution is -2.15. The maximum Gasteiger partial charge on any atom is 0.374 e. The van der Waals surface area contributed by atoms with Gasteiger partial charge in [0, 0.05) is 5.56 Å². The minimum absolute atomic E-state index is 0.0616. The van der Waals surface area contributed by atoms with Gasteiger partial charge in [0.15, 0.2) is 11.3 Å². The van der Waals surface area contributed by atoms with E-state index in [1.165, 1.54) is 6.07 Å². The highest BCUT2D eigenvalue weighted by atomic mass is 79.9. The molecule has 1 heterocycles. The smallest absolute Gasteiger partial charge is 0.374 e. The molecule has 110 valence electrons. The summed E-state index contributed by atoms with van der Waals surface area (Å²) in [5.74, 6) is -0.823. The Balaban J connectivity index is 2.05. The predicted octanol–water partition coefficient (Wildman–Crippen LogP) is 4.01. The molecule has 4 nitrogen and oxygen atoms in total. The second-order valence-corrected chi connectivity index (χ2v) is 5.64. The third kappa shape index (κ3) is 3.61. The van der Waals surface area contributed by atoms with Crippen LogP contribution in [0.2, 0.25) is 0 Å². The summed E-state index contributed by atoms with van der Waals surface area (Å²) in [4.78, 5) is 23.9. The molecule has 0 unspecified atom stereocenters. The van der Waals surface area contributed by atoms with Gasteiger partial charge >= 0.3 is 5.97 Å². The van der Waals surface area contributed by atoms with Gasteiger partial charge in [0.25, 0.3) is 0 Å². The Morgan fingerprint density at radius 3 is 2.38 bits per heavy atom. The molecule has 5 heteroatoms. The number of hydrogen-bond acceptors (Lipinski definition) is 4. The number of benzene rings is 1. The van der Waals surface area contributed by atoms with Crippen molar-refractivity contribution in [1.82, 2.24) is 0 Å². The lowest BCUT2D eigenvalue weighted by Gasteiger charge is -2.09. The van der Waals surface area contributed by atoms with Crippen LogP contribution in [0.4, 0.5) is 0 Å². The Kier molecular flexibility index (Phi) is 4.63. The van der Waals surface area contributed by atoms with Crippen molar-refractivity contribution in [2.45, 2.75) is 20.8 Å². The number of rotatable bonds is 4. The average Bonchev–Trinajstić information content (AvgIpc) is 2.86. The van der Waals surface area contributed by atoms with E-state index < -0.39 is 5.97 Å². The van der Waals surface area contributed by atoms with Crippen molar-refractivity contribution in [3.05, 3.63) is 56.9 Å². The van der Waals surface area contributed by atoms with Crippen molar-refractivity contribution in [2.24, 2.45) is 0 Å². The maximum atomic E-state index is 12.2. The molecule has 0 bridgehead atoms. The molecule has 0 saturated heterocycles. The Morgan fingerprint density at radius 1 is 1.10 bits per heavy atom. The van der Waals surface area contributed by atoms with E-state index in [1.54, 1.807) is 6.07 Å². The molecule has 0 aliphatic rings. The number of carbonyl (C=O) groups is 2. The summed E-state index contributed by atoms with van der Waals surface area (Å²) < 4.78 is 10.5. The number of furan rings is 1. The molecule has 0 N–H and O–H groups in total. The monoisotopic (exact) mass is 350 g/mol. The van der Waals surface area contributed by atoms with Crippen LogP contribution < -0.4 is 0 Å². The van der Waals surface area contributed by atoms with Crippen LogP contribution in [0.1, 0.15) is 37.6 Å². The first-order chi connectivity index (χ1) is 9.88. The van der Waals surface area contributed by atoms with Crippen LogP contribution in [-0.2, 0) is 4.74 Å². The molecule has 0 amide bonds. The summed E-state index contributed by atoms with van der Waals surface area (Å²) in [5.41, 5.74) is 3.61. The van der Waals surface area contributed by atoms with E-state index in [0.29, 0.717) is 10.2 Å². The first-order valence-corrected chi connectivity index (χ1v) is 7.21. The zero-order valence-electron chi connectivity index (χ0n) is 12.0. The Labute approximate surface area is 131 Å². The zero-order chi connectivity index (χ0) is 15.6. The van der Waals surface area contributed by atoms with Crippen LogP contribution in [0.5, 0.6) is 0 Å². The molecule has 2 aromatic rings. The fourth-order valence-electron chi connectivity index (χ4n) is 1.96. The standard InChI is InChI=1S/C16H15BrO4/c1-9-6-11(3)12(7-10(9)2)13(18)8-20-16(19)14-4-5-15(17)21-14/h4-7H,8H2,1-3H3. The van der Waals surface area contributed by atoms with E-state index in [4.69, 9.17) is 9.15 Å². The third-order valence-corrected chi connectivity index (χ3v) is 3.68. The Hall–Kier alpha value is -1.88. The van der Waals surface area contributed by atoms with E-state index >= 15 is 0 Å². The van der Waals surface area contributed by atoms with Gasteiger partial charge in [-0.3, -0.25) is 4.79 Å².